The molecule has 0 bridgehead atoms. The van der Waals surface area contributed by atoms with Crippen LogP contribution in [0.2, 0.25) is 0 Å². The molecule has 0 aliphatic carbocycles. The maximum Gasteiger partial charge on any atom is 0.371 e. The van der Waals surface area contributed by atoms with Crippen LogP contribution in [0, 0.1) is 0 Å². The van der Waals surface area contributed by atoms with Crippen LogP contribution >= 0.6 is 0 Å². The summed E-state index contributed by atoms with van der Waals surface area (Å²) in [7, 11) is 0. The van der Waals surface area contributed by atoms with Gasteiger partial charge in [0.15, 0.2) is 0 Å². The summed E-state index contributed by atoms with van der Waals surface area (Å²) in [6, 6.07) is 0. The lowest BCUT2D eigenvalue weighted by Gasteiger charge is -2.05. The Hall–Kier alpha value is -2.45. The van der Waals surface area contributed by atoms with E-state index in [4.69, 9.17) is 20.1 Å². The van der Waals surface area contributed by atoms with Gasteiger partial charge < -0.3 is 20.6 Å². The zero-order valence-corrected chi connectivity index (χ0v) is 20.0. The number of rotatable bonds is 17. The molecule has 0 aromatic rings. The van der Waals surface area contributed by atoms with Gasteiger partial charge in [-0.25, -0.2) is 4.79 Å². The minimum absolute atomic E-state index is 0.0791. The molecule has 0 atom stereocenters. The Kier molecular flexibility index (Phi) is 28.4. The highest BCUT2D eigenvalue weighted by molar-refractivity contribution is 6.31. The Labute approximate surface area is 192 Å². The Morgan fingerprint density at radius 2 is 0.969 bits per heavy atom. The second kappa shape index (κ2) is 26.6. The average molecular weight is 462 g/mol. The zero-order chi connectivity index (χ0) is 25.2. The van der Waals surface area contributed by atoms with Gasteiger partial charge in [0.1, 0.15) is 0 Å². The number of unbranched alkanes of at least 4 members (excludes halogenated alkanes) is 11. The molecule has 0 aliphatic heterocycles. The average Bonchev–Trinajstić information content (AvgIpc) is 2.70. The third-order valence-corrected chi connectivity index (χ3v) is 4.22. The topological polar surface area (TPSA) is 158 Å². The number of Topliss-reactive ketones (excluding diaryl/α,β-unsaturated/α-hetero) is 1. The summed E-state index contributed by atoms with van der Waals surface area (Å²) in [6.45, 7) is 5.01. The van der Waals surface area contributed by atoms with Crippen molar-refractivity contribution in [2.75, 3.05) is 6.54 Å². The highest BCUT2D eigenvalue weighted by Gasteiger charge is 2.04. The van der Waals surface area contributed by atoms with E-state index in [0.717, 1.165) is 26.7 Å². The number of hydrogen-bond acceptors (Lipinski definition) is 5. The molecule has 188 valence electrons. The van der Waals surface area contributed by atoms with Crippen LogP contribution in [-0.2, 0) is 24.0 Å². The molecule has 0 fully saturated rings. The van der Waals surface area contributed by atoms with Crippen molar-refractivity contribution in [3.05, 3.63) is 0 Å². The van der Waals surface area contributed by atoms with Crippen LogP contribution < -0.4 is 5.32 Å². The maximum atomic E-state index is 11.3. The van der Waals surface area contributed by atoms with Gasteiger partial charge in [-0.2, -0.15) is 0 Å². The van der Waals surface area contributed by atoms with Crippen molar-refractivity contribution in [3.8, 4) is 0 Å². The van der Waals surface area contributed by atoms with E-state index in [-0.39, 0.29) is 18.7 Å². The summed E-state index contributed by atoms with van der Waals surface area (Å²) < 4.78 is 0. The third kappa shape index (κ3) is 41.8. The quantitative estimate of drug-likeness (QED) is 0.183. The monoisotopic (exact) mass is 461 g/mol. The number of aliphatic carboxylic acids is 3. The number of carboxylic acid groups (broad SMARTS) is 3. The van der Waals surface area contributed by atoms with Crippen LogP contribution in [-0.4, -0.2) is 51.5 Å². The molecule has 0 aliphatic rings. The molecule has 0 heterocycles. The fourth-order valence-electron chi connectivity index (χ4n) is 2.50. The first-order valence-corrected chi connectivity index (χ1v) is 11.5. The summed E-state index contributed by atoms with van der Waals surface area (Å²) in [6.07, 6.45) is 15.6. The lowest BCUT2D eigenvalue weighted by Crippen LogP contribution is -2.24. The van der Waals surface area contributed by atoms with E-state index < -0.39 is 23.7 Å². The molecule has 0 radical (unpaired) electrons. The van der Waals surface area contributed by atoms with Gasteiger partial charge in [-0.3, -0.25) is 19.2 Å². The van der Waals surface area contributed by atoms with Gasteiger partial charge in [0.2, 0.25) is 11.7 Å². The van der Waals surface area contributed by atoms with Gasteiger partial charge in [0.05, 0.1) is 6.42 Å². The second-order valence-electron chi connectivity index (χ2n) is 7.51. The maximum absolute atomic E-state index is 11.3. The fraction of sp³-hybridized carbons (Fsp3) is 0.783. The smallest absolute Gasteiger partial charge is 0.371 e. The number of nitrogens with one attached hydrogen (secondary N) is 1. The van der Waals surface area contributed by atoms with Crippen molar-refractivity contribution in [2.45, 2.75) is 111 Å². The molecule has 9 heteroatoms. The molecule has 0 saturated heterocycles. The first kappa shape index (κ1) is 34.2. The van der Waals surface area contributed by atoms with Gasteiger partial charge in [0.25, 0.3) is 5.97 Å². The molecule has 0 rings (SSSR count). The number of carbonyl (C=O) groups excluding carboxylic acids is 2. The third-order valence-electron chi connectivity index (χ3n) is 4.22. The van der Waals surface area contributed by atoms with E-state index in [1.807, 2.05) is 0 Å². The number of hydrogen-bond donors (Lipinski definition) is 4. The van der Waals surface area contributed by atoms with Gasteiger partial charge >= 0.3 is 11.9 Å². The minimum Gasteiger partial charge on any atom is -0.481 e. The molecule has 0 spiro atoms. The van der Waals surface area contributed by atoms with Crippen LogP contribution in [0.5, 0.6) is 0 Å². The number of ketones is 1. The lowest BCUT2D eigenvalue weighted by atomic mass is 10.1. The standard InChI is InChI=1S/C18H35NO3.C3H4O3.C2H4O2/c1-2-3-4-5-6-7-8-9-10-11-12-13-16-19-17(20)14-15-18(21)22;1-2(4)3(5)6;1-2(3)4/h2-16H2,1H3,(H,19,20)(H,21,22);1H3,(H,5,6);1H3,(H,3,4). The second-order valence-corrected chi connectivity index (χ2v) is 7.51. The number of carbonyl (C=O) groups is 5. The lowest BCUT2D eigenvalue weighted by molar-refractivity contribution is -0.148. The van der Waals surface area contributed by atoms with Crippen LogP contribution in [0.25, 0.3) is 0 Å². The van der Waals surface area contributed by atoms with Gasteiger partial charge in [-0.1, -0.05) is 77.6 Å². The molecule has 9 nitrogen and oxygen atoms in total. The molecule has 1 amide bonds. The summed E-state index contributed by atoms with van der Waals surface area (Å²) in [5.41, 5.74) is 0. The molecular weight excluding hydrogens is 418 g/mol. The van der Waals surface area contributed by atoms with Gasteiger partial charge in [0, 0.05) is 26.8 Å². The summed E-state index contributed by atoms with van der Waals surface area (Å²) in [4.78, 5) is 49.5. The van der Waals surface area contributed by atoms with Gasteiger partial charge in [-0.15, -0.1) is 0 Å². The highest BCUT2D eigenvalue weighted by Crippen LogP contribution is 2.11. The fourth-order valence-corrected chi connectivity index (χ4v) is 2.50. The van der Waals surface area contributed by atoms with Crippen LogP contribution in [0.3, 0.4) is 0 Å². The van der Waals surface area contributed by atoms with Crippen molar-refractivity contribution in [2.24, 2.45) is 0 Å². The van der Waals surface area contributed by atoms with Crippen molar-refractivity contribution >= 4 is 29.6 Å². The minimum atomic E-state index is -1.38. The Bertz CT molecular complexity index is 504. The normalized spacial score (nSPS) is 9.47. The van der Waals surface area contributed by atoms with Crippen molar-refractivity contribution in [1.29, 1.82) is 0 Å². The highest BCUT2D eigenvalue weighted by atomic mass is 16.4. The predicted molar refractivity (Wildman–Crippen MR) is 123 cm³/mol. The number of carboxylic acids is 3. The summed E-state index contributed by atoms with van der Waals surface area (Å²) in [5.74, 6) is -4.10. The summed E-state index contributed by atoms with van der Waals surface area (Å²) >= 11 is 0. The Balaban J connectivity index is -0.000000696. The van der Waals surface area contributed by atoms with E-state index in [2.05, 4.69) is 12.2 Å². The molecule has 0 saturated carbocycles. The van der Waals surface area contributed by atoms with Crippen molar-refractivity contribution in [3.63, 3.8) is 0 Å². The molecule has 32 heavy (non-hydrogen) atoms. The SMILES string of the molecule is CC(=O)C(=O)O.CC(=O)O.CCCCCCCCCCCCCCNC(=O)CCC(=O)O. The zero-order valence-electron chi connectivity index (χ0n) is 20.0. The van der Waals surface area contributed by atoms with Crippen molar-refractivity contribution in [1.82, 2.24) is 5.32 Å². The van der Waals surface area contributed by atoms with Crippen molar-refractivity contribution < 1.29 is 39.3 Å². The molecule has 0 unspecified atom stereocenters. The van der Waals surface area contributed by atoms with E-state index in [9.17, 15) is 19.2 Å². The van der Waals surface area contributed by atoms with E-state index >= 15 is 0 Å². The van der Waals surface area contributed by atoms with E-state index in [1.165, 1.54) is 64.2 Å². The molecular formula is C23H43NO8. The van der Waals surface area contributed by atoms with Crippen LogP contribution in [0.1, 0.15) is 111 Å². The largest absolute Gasteiger partial charge is 0.481 e. The molecule has 0 aromatic carbocycles. The molecule has 4 N–H and O–H groups in total. The summed E-state index contributed by atoms with van der Waals surface area (Å²) in [5, 5.41) is 26.3. The first-order valence-electron chi connectivity index (χ1n) is 11.5. The van der Waals surface area contributed by atoms with E-state index in [1.54, 1.807) is 0 Å². The van der Waals surface area contributed by atoms with Crippen LogP contribution in [0.15, 0.2) is 0 Å². The predicted octanol–water partition coefficient (Wildman–Crippen LogP) is 4.42. The molecule has 0 aromatic heterocycles. The first-order chi connectivity index (χ1) is 15.0. The Morgan fingerprint density at radius 1 is 0.625 bits per heavy atom. The van der Waals surface area contributed by atoms with E-state index in [0.29, 0.717) is 6.54 Å². The number of amides is 1. The van der Waals surface area contributed by atoms with Gasteiger partial charge in [-0.05, 0) is 6.42 Å². The Morgan fingerprint density at radius 3 is 1.28 bits per heavy atom. The van der Waals surface area contributed by atoms with Crippen LogP contribution in [0.4, 0.5) is 0 Å².